The highest BCUT2D eigenvalue weighted by Gasteiger charge is 2.28. The van der Waals surface area contributed by atoms with Crippen molar-refractivity contribution in [2.24, 2.45) is 0 Å². The first-order valence-corrected chi connectivity index (χ1v) is 8.34. The summed E-state index contributed by atoms with van der Waals surface area (Å²) in [4.78, 5) is 3.95. The van der Waals surface area contributed by atoms with Crippen LogP contribution in [0.5, 0.6) is 0 Å². The van der Waals surface area contributed by atoms with Gasteiger partial charge >= 0.3 is 0 Å². The zero-order chi connectivity index (χ0) is 14.8. The molecule has 1 aliphatic rings. The summed E-state index contributed by atoms with van der Waals surface area (Å²) in [6, 6.07) is 0.897. The van der Waals surface area contributed by atoms with Crippen LogP contribution in [0.4, 0.5) is 5.82 Å². The third-order valence-corrected chi connectivity index (χ3v) is 5.14. The summed E-state index contributed by atoms with van der Waals surface area (Å²) in [6.45, 7) is 0. The van der Waals surface area contributed by atoms with Crippen molar-refractivity contribution in [1.82, 2.24) is 9.71 Å². The Hall–Kier alpha value is -0.890. The van der Waals surface area contributed by atoms with Gasteiger partial charge in [-0.15, -0.1) is 0 Å². The smallest absolute Gasteiger partial charge is 0.242 e. The summed E-state index contributed by atoms with van der Waals surface area (Å²) in [7, 11) is -2.07. The Bertz CT molecular complexity index is 579. The average molecular weight is 320 g/mol. The van der Waals surface area contributed by atoms with Crippen LogP contribution < -0.4 is 10.0 Å². The molecule has 3 N–H and O–H groups in total. The van der Waals surface area contributed by atoms with Crippen LogP contribution in [0.1, 0.15) is 25.7 Å². The highest BCUT2D eigenvalue weighted by atomic mass is 35.5. The molecule has 0 bridgehead atoms. The van der Waals surface area contributed by atoms with E-state index < -0.39 is 22.2 Å². The molecule has 0 aliphatic heterocycles. The lowest BCUT2D eigenvalue weighted by Gasteiger charge is -2.28. The molecule has 0 amide bonds. The first-order chi connectivity index (χ1) is 9.44. The van der Waals surface area contributed by atoms with Gasteiger partial charge in [0.1, 0.15) is 10.7 Å². The molecule has 1 aromatic rings. The van der Waals surface area contributed by atoms with Crippen molar-refractivity contribution in [3.8, 4) is 0 Å². The van der Waals surface area contributed by atoms with Gasteiger partial charge < -0.3 is 10.4 Å². The number of nitrogens with zero attached hydrogens (tertiary/aromatic N) is 1. The third-order valence-electron chi connectivity index (χ3n) is 3.40. The molecule has 2 atom stereocenters. The number of pyridine rings is 1. The van der Waals surface area contributed by atoms with Gasteiger partial charge in [0.2, 0.25) is 10.0 Å². The van der Waals surface area contributed by atoms with E-state index in [1.54, 1.807) is 7.05 Å². The topological polar surface area (TPSA) is 91.3 Å². The van der Waals surface area contributed by atoms with Crippen molar-refractivity contribution < 1.29 is 13.5 Å². The van der Waals surface area contributed by atoms with E-state index >= 15 is 0 Å². The zero-order valence-electron chi connectivity index (χ0n) is 11.1. The van der Waals surface area contributed by atoms with E-state index in [1.807, 2.05) is 0 Å². The molecule has 1 aromatic heterocycles. The van der Waals surface area contributed by atoms with E-state index in [1.165, 1.54) is 12.3 Å². The van der Waals surface area contributed by atoms with Crippen LogP contribution >= 0.6 is 11.6 Å². The lowest BCUT2D eigenvalue weighted by atomic mass is 9.93. The highest BCUT2D eigenvalue weighted by Crippen LogP contribution is 2.24. The van der Waals surface area contributed by atoms with Gasteiger partial charge in [0.05, 0.1) is 11.1 Å². The number of sulfonamides is 1. The van der Waals surface area contributed by atoms with E-state index in [-0.39, 0.29) is 9.92 Å². The zero-order valence-corrected chi connectivity index (χ0v) is 12.7. The molecular formula is C12H18ClN3O3S. The van der Waals surface area contributed by atoms with Crippen LogP contribution in [0.3, 0.4) is 0 Å². The molecule has 1 heterocycles. The fourth-order valence-electron chi connectivity index (χ4n) is 2.27. The standard InChI is InChI=1S/C12H18ClN3O3S/c1-14-12-9(13)6-8(7-15-12)20(18,19)16-10-4-2-3-5-11(10)17/h6-7,10-11,16-17H,2-5H2,1H3,(H,14,15). The Kier molecular flexibility index (Phi) is 4.85. The lowest BCUT2D eigenvalue weighted by Crippen LogP contribution is -2.44. The van der Waals surface area contributed by atoms with Gasteiger partial charge in [0.15, 0.2) is 0 Å². The van der Waals surface area contributed by atoms with Gasteiger partial charge in [-0.25, -0.2) is 18.1 Å². The molecule has 0 spiro atoms. The second-order valence-electron chi connectivity index (χ2n) is 4.83. The van der Waals surface area contributed by atoms with E-state index in [2.05, 4.69) is 15.0 Å². The minimum Gasteiger partial charge on any atom is -0.391 e. The molecular weight excluding hydrogens is 302 g/mol. The fraction of sp³-hybridized carbons (Fsp3) is 0.583. The van der Waals surface area contributed by atoms with Crippen LogP contribution in [-0.2, 0) is 10.0 Å². The Morgan fingerprint density at radius 1 is 1.40 bits per heavy atom. The fourth-order valence-corrected chi connectivity index (χ4v) is 3.87. The van der Waals surface area contributed by atoms with Crippen LogP contribution in [0, 0.1) is 0 Å². The molecule has 1 saturated carbocycles. The number of halogens is 1. The van der Waals surface area contributed by atoms with Crippen molar-refractivity contribution in [3.63, 3.8) is 0 Å². The summed E-state index contributed by atoms with van der Waals surface area (Å²) >= 11 is 5.94. The molecule has 6 nitrogen and oxygen atoms in total. The predicted octanol–water partition coefficient (Wildman–Crippen LogP) is 1.36. The number of nitrogens with one attached hydrogen (secondary N) is 2. The predicted molar refractivity (Wildman–Crippen MR) is 77.4 cm³/mol. The normalized spacial score (nSPS) is 23.6. The van der Waals surface area contributed by atoms with E-state index in [0.29, 0.717) is 18.7 Å². The summed E-state index contributed by atoms with van der Waals surface area (Å²) in [6.07, 6.45) is 3.68. The number of anilines is 1. The second-order valence-corrected chi connectivity index (χ2v) is 6.95. The summed E-state index contributed by atoms with van der Waals surface area (Å²) in [5.41, 5.74) is 0. The number of aliphatic hydroxyl groups is 1. The number of hydrogen-bond acceptors (Lipinski definition) is 5. The Labute approximate surface area is 123 Å². The number of aromatic nitrogens is 1. The molecule has 0 radical (unpaired) electrons. The minimum absolute atomic E-state index is 0.000673. The van der Waals surface area contributed by atoms with Crippen molar-refractivity contribution in [2.75, 3.05) is 12.4 Å². The number of rotatable bonds is 4. The Morgan fingerprint density at radius 3 is 2.70 bits per heavy atom. The van der Waals surface area contributed by atoms with Crippen LogP contribution in [0.15, 0.2) is 17.2 Å². The summed E-state index contributed by atoms with van der Waals surface area (Å²) in [5.74, 6) is 0.420. The van der Waals surface area contributed by atoms with Crippen LogP contribution in [0.2, 0.25) is 5.02 Å². The van der Waals surface area contributed by atoms with Crippen LogP contribution in [0.25, 0.3) is 0 Å². The maximum Gasteiger partial charge on any atom is 0.242 e. The molecule has 2 rings (SSSR count). The number of aliphatic hydroxyl groups excluding tert-OH is 1. The number of hydrogen-bond donors (Lipinski definition) is 3. The average Bonchev–Trinajstić information content (AvgIpc) is 2.41. The van der Waals surface area contributed by atoms with Gasteiger partial charge in [-0.2, -0.15) is 0 Å². The van der Waals surface area contributed by atoms with Crippen LogP contribution in [-0.4, -0.2) is 37.7 Å². The molecule has 1 aliphatic carbocycles. The Balaban J connectivity index is 2.19. The van der Waals surface area contributed by atoms with Crippen molar-refractivity contribution in [2.45, 2.75) is 42.7 Å². The first kappa shape index (κ1) is 15.5. The maximum absolute atomic E-state index is 12.3. The second kappa shape index (κ2) is 6.26. The van der Waals surface area contributed by atoms with Crippen molar-refractivity contribution in [1.29, 1.82) is 0 Å². The minimum atomic E-state index is -3.73. The van der Waals surface area contributed by atoms with Gasteiger partial charge in [-0.1, -0.05) is 24.4 Å². The van der Waals surface area contributed by atoms with Crippen molar-refractivity contribution >= 4 is 27.4 Å². The van der Waals surface area contributed by atoms with Gasteiger partial charge in [0, 0.05) is 19.3 Å². The quantitative estimate of drug-likeness (QED) is 0.779. The van der Waals surface area contributed by atoms with E-state index in [4.69, 9.17) is 11.6 Å². The van der Waals surface area contributed by atoms with Gasteiger partial charge in [-0.3, -0.25) is 0 Å². The van der Waals surface area contributed by atoms with E-state index in [0.717, 1.165) is 12.8 Å². The third kappa shape index (κ3) is 3.41. The molecule has 8 heteroatoms. The Morgan fingerprint density at radius 2 is 2.10 bits per heavy atom. The molecule has 112 valence electrons. The van der Waals surface area contributed by atoms with E-state index in [9.17, 15) is 13.5 Å². The summed E-state index contributed by atoms with van der Waals surface area (Å²) in [5, 5.41) is 12.8. The molecule has 0 saturated heterocycles. The van der Waals surface area contributed by atoms with Crippen molar-refractivity contribution in [3.05, 3.63) is 17.3 Å². The molecule has 20 heavy (non-hydrogen) atoms. The molecule has 2 unspecified atom stereocenters. The first-order valence-electron chi connectivity index (χ1n) is 6.48. The monoisotopic (exact) mass is 319 g/mol. The largest absolute Gasteiger partial charge is 0.391 e. The molecule has 0 aromatic carbocycles. The maximum atomic E-state index is 12.3. The van der Waals surface area contributed by atoms with Gasteiger partial charge in [0.25, 0.3) is 0 Å². The SMILES string of the molecule is CNc1ncc(S(=O)(=O)NC2CCCCC2O)cc1Cl. The molecule has 1 fully saturated rings. The van der Waals surface area contributed by atoms with Gasteiger partial charge in [-0.05, 0) is 18.9 Å². The highest BCUT2D eigenvalue weighted by molar-refractivity contribution is 7.89. The summed E-state index contributed by atoms with van der Waals surface area (Å²) < 4.78 is 27.0. The lowest BCUT2D eigenvalue weighted by molar-refractivity contribution is 0.101.